The van der Waals surface area contributed by atoms with Gasteiger partial charge < -0.3 is 23.8 Å². The van der Waals surface area contributed by atoms with Crippen LogP contribution in [0.25, 0.3) is 6.08 Å². The summed E-state index contributed by atoms with van der Waals surface area (Å²) in [6, 6.07) is 8.65. The fraction of sp³-hybridized carbons (Fsp3) is 0.273. The number of fused-ring (bicyclic) bond motifs is 2. The van der Waals surface area contributed by atoms with Crippen LogP contribution in [-0.2, 0) is 0 Å². The maximum atomic E-state index is 12.8. The number of nitrogens with zero attached hydrogens (tertiary/aromatic N) is 1. The average molecular weight is 395 g/mol. The second-order valence-corrected chi connectivity index (χ2v) is 6.66. The third kappa shape index (κ3) is 3.40. The Kier molecular flexibility index (Phi) is 4.88. The SMILES string of the molecule is CCN(CC)C(=O)Oc1ccc2c(c1C)O/C(=C\c1ccc3c(c1)OCO3)C2=O. The standard InChI is InChI=1S/C22H21NO6/c1-4-23(5-2)22(25)29-16-9-7-15-20(24)19(28-21(15)13(16)3)11-14-6-8-17-18(10-14)27-12-26-17/h6-11H,4-5,12H2,1-3H3/b19-11-. The van der Waals surface area contributed by atoms with Crippen molar-refractivity contribution in [3.8, 4) is 23.0 Å². The smallest absolute Gasteiger partial charge is 0.415 e. The van der Waals surface area contributed by atoms with Gasteiger partial charge in [-0.3, -0.25) is 4.79 Å². The summed E-state index contributed by atoms with van der Waals surface area (Å²) in [4.78, 5) is 26.6. The van der Waals surface area contributed by atoms with Gasteiger partial charge >= 0.3 is 6.09 Å². The Hall–Kier alpha value is -3.48. The van der Waals surface area contributed by atoms with E-state index in [2.05, 4.69) is 0 Å². The Morgan fingerprint density at radius 2 is 1.90 bits per heavy atom. The van der Waals surface area contributed by atoms with E-state index >= 15 is 0 Å². The Balaban J connectivity index is 1.60. The lowest BCUT2D eigenvalue weighted by Gasteiger charge is -2.19. The monoisotopic (exact) mass is 395 g/mol. The highest BCUT2D eigenvalue weighted by Gasteiger charge is 2.31. The molecule has 0 bridgehead atoms. The number of hydrogen-bond acceptors (Lipinski definition) is 6. The Labute approximate surface area is 168 Å². The molecular weight excluding hydrogens is 374 g/mol. The molecule has 2 aromatic carbocycles. The van der Waals surface area contributed by atoms with Crippen LogP contribution in [0, 0.1) is 6.92 Å². The first kappa shape index (κ1) is 18.9. The van der Waals surface area contributed by atoms with Crippen molar-refractivity contribution in [3.63, 3.8) is 0 Å². The molecule has 150 valence electrons. The van der Waals surface area contributed by atoms with Crippen LogP contribution in [0.2, 0.25) is 0 Å². The minimum Gasteiger partial charge on any atom is -0.454 e. The first-order valence-corrected chi connectivity index (χ1v) is 9.46. The molecule has 2 aromatic rings. The minimum atomic E-state index is -0.432. The quantitative estimate of drug-likeness (QED) is 0.723. The summed E-state index contributed by atoms with van der Waals surface area (Å²) in [5, 5.41) is 0. The summed E-state index contributed by atoms with van der Waals surface area (Å²) >= 11 is 0. The van der Waals surface area contributed by atoms with Gasteiger partial charge in [-0.25, -0.2) is 4.79 Å². The molecule has 0 atom stereocenters. The zero-order chi connectivity index (χ0) is 20.5. The number of Topliss-reactive ketones (excluding diaryl/α,β-unsaturated/α-hetero) is 1. The summed E-state index contributed by atoms with van der Waals surface area (Å²) in [7, 11) is 0. The van der Waals surface area contributed by atoms with E-state index in [1.54, 1.807) is 42.2 Å². The van der Waals surface area contributed by atoms with E-state index in [0.717, 1.165) is 5.56 Å². The van der Waals surface area contributed by atoms with Crippen LogP contribution in [0.15, 0.2) is 36.1 Å². The van der Waals surface area contributed by atoms with Crippen molar-refractivity contribution < 1.29 is 28.5 Å². The molecule has 2 aliphatic rings. The molecule has 7 heteroatoms. The van der Waals surface area contributed by atoms with Gasteiger partial charge in [-0.2, -0.15) is 0 Å². The second-order valence-electron chi connectivity index (χ2n) is 6.66. The van der Waals surface area contributed by atoms with Gasteiger partial charge in [0.15, 0.2) is 17.3 Å². The molecular formula is C22H21NO6. The van der Waals surface area contributed by atoms with Gasteiger partial charge in [-0.05, 0) is 56.7 Å². The normalized spacial score (nSPS) is 15.3. The number of ether oxygens (including phenoxy) is 4. The zero-order valence-corrected chi connectivity index (χ0v) is 16.5. The largest absolute Gasteiger partial charge is 0.454 e. The molecule has 7 nitrogen and oxygen atoms in total. The predicted molar refractivity (Wildman–Crippen MR) is 106 cm³/mol. The third-order valence-corrected chi connectivity index (χ3v) is 4.95. The molecule has 1 amide bonds. The summed E-state index contributed by atoms with van der Waals surface area (Å²) < 4.78 is 22.0. The number of benzene rings is 2. The van der Waals surface area contributed by atoms with E-state index in [-0.39, 0.29) is 18.3 Å². The van der Waals surface area contributed by atoms with Crippen LogP contribution in [0.3, 0.4) is 0 Å². The van der Waals surface area contributed by atoms with Crippen molar-refractivity contribution in [2.24, 2.45) is 0 Å². The summed E-state index contributed by atoms with van der Waals surface area (Å²) in [5.41, 5.74) is 1.80. The van der Waals surface area contributed by atoms with Crippen molar-refractivity contribution >= 4 is 18.0 Å². The highest BCUT2D eigenvalue weighted by Crippen LogP contribution is 2.40. The topological polar surface area (TPSA) is 74.3 Å². The fourth-order valence-corrected chi connectivity index (χ4v) is 3.27. The highest BCUT2D eigenvalue weighted by molar-refractivity contribution is 6.15. The van der Waals surface area contributed by atoms with Crippen molar-refractivity contribution in [1.29, 1.82) is 0 Å². The Bertz CT molecular complexity index is 1020. The highest BCUT2D eigenvalue weighted by atomic mass is 16.7. The summed E-state index contributed by atoms with van der Waals surface area (Å²) in [6.45, 7) is 6.82. The number of amides is 1. The summed E-state index contributed by atoms with van der Waals surface area (Å²) in [6.07, 6.45) is 1.23. The molecule has 0 saturated carbocycles. The lowest BCUT2D eigenvalue weighted by Crippen LogP contribution is -2.33. The van der Waals surface area contributed by atoms with Gasteiger partial charge in [0.1, 0.15) is 11.5 Å². The minimum absolute atomic E-state index is 0.185. The molecule has 0 unspecified atom stereocenters. The number of allylic oxidation sites excluding steroid dienone is 1. The predicted octanol–water partition coefficient (Wildman–Crippen LogP) is 4.18. The maximum Gasteiger partial charge on any atom is 0.415 e. The van der Waals surface area contributed by atoms with Crippen LogP contribution in [0.5, 0.6) is 23.0 Å². The molecule has 2 heterocycles. The first-order valence-electron chi connectivity index (χ1n) is 9.46. The van der Waals surface area contributed by atoms with Crippen LogP contribution >= 0.6 is 0 Å². The van der Waals surface area contributed by atoms with Crippen LogP contribution < -0.4 is 18.9 Å². The molecule has 2 aliphatic heterocycles. The lowest BCUT2D eigenvalue weighted by atomic mass is 10.1. The number of carbonyl (C=O) groups is 2. The molecule has 0 aromatic heterocycles. The van der Waals surface area contributed by atoms with E-state index in [1.165, 1.54) is 0 Å². The van der Waals surface area contributed by atoms with Gasteiger partial charge in [-0.15, -0.1) is 0 Å². The Morgan fingerprint density at radius 1 is 1.14 bits per heavy atom. The molecule has 29 heavy (non-hydrogen) atoms. The summed E-state index contributed by atoms with van der Waals surface area (Å²) in [5.74, 6) is 2.06. The Morgan fingerprint density at radius 3 is 2.66 bits per heavy atom. The van der Waals surface area contributed by atoms with Crippen molar-refractivity contribution in [2.45, 2.75) is 20.8 Å². The van der Waals surface area contributed by atoms with Crippen LogP contribution in [0.1, 0.15) is 35.3 Å². The van der Waals surface area contributed by atoms with Gasteiger partial charge in [0.25, 0.3) is 0 Å². The number of hydrogen-bond donors (Lipinski definition) is 0. The van der Waals surface area contributed by atoms with Gasteiger partial charge in [0.05, 0.1) is 5.56 Å². The molecule has 0 aliphatic carbocycles. The zero-order valence-electron chi connectivity index (χ0n) is 16.5. The van der Waals surface area contributed by atoms with E-state index < -0.39 is 6.09 Å². The van der Waals surface area contributed by atoms with Gasteiger partial charge in [-0.1, -0.05) is 6.07 Å². The van der Waals surface area contributed by atoms with Crippen LogP contribution in [-0.4, -0.2) is 36.7 Å². The fourth-order valence-electron chi connectivity index (χ4n) is 3.27. The van der Waals surface area contributed by atoms with Crippen molar-refractivity contribution in [2.75, 3.05) is 19.9 Å². The number of rotatable bonds is 4. The van der Waals surface area contributed by atoms with Crippen LogP contribution in [0.4, 0.5) is 4.79 Å². The molecule has 0 spiro atoms. The first-order chi connectivity index (χ1) is 14.0. The molecule has 0 N–H and O–H groups in total. The molecule has 0 fully saturated rings. The van der Waals surface area contributed by atoms with Crippen molar-refractivity contribution in [3.05, 3.63) is 52.8 Å². The third-order valence-electron chi connectivity index (χ3n) is 4.95. The number of carbonyl (C=O) groups excluding carboxylic acids is 2. The maximum absolute atomic E-state index is 12.8. The van der Waals surface area contributed by atoms with E-state index in [1.807, 2.05) is 19.9 Å². The van der Waals surface area contributed by atoms with Gasteiger partial charge in [0, 0.05) is 18.7 Å². The molecule has 0 saturated heterocycles. The van der Waals surface area contributed by atoms with Gasteiger partial charge in [0.2, 0.25) is 12.6 Å². The molecule has 4 rings (SSSR count). The van der Waals surface area contributed by atoms with E-state index in [0.29, 0.717) is 47.2 Å². The van der Waals surface area contributed by atoms with E-state index in [9.17, 15) is 9.59 Å². The number of ketones is 1. The second kappa shape index (κ2) is 7.50. The van der Waals surface area contributed by atoms with Crippen molar-refractivity contribution in [1.82, 2.24) is 4.90 Å². The molecule has 0 radical (unpaired) electrons. The average Bonchev–Trinajstić information content (AvgIpc) is 3.30. The van der Waals surface area contributed by atoms with E-state index in [4.69, 9.17) is 18.9 Å². The lowest BCUT2D eigenvalue weighted by molar-refractivity contribution is 0.101.